The molecule has 3 aliphatic rings. The molecule has 2 heterocycles. The zero-order valence-corrected chi connectivity index (χ0v) is 21.5. The molecule has 1 atom stereocenters. The molecule has 0 saturated heterocycles. The molecule has 178 valence electrons. The molecule has 1 fully saturated rings. The summed E-state index contributed by atoms with van der Waals surface area (Å²) in [5, 5.41) is 11.1. The van der Waals surface area contributed by atoms with E-state index in [4.69, 9.17) is 4.74 Å². The maximum atomic E-state index is 11.1. The van der Waals surface area contributed by atoms with Crippen LogP contribution in [0, 0.1) is 5.92 Å². The van der Waals surface area contributed by atoms with Crippen LogP contribution in [0.3, 0.4) is 0 Å². The molecule has 2 aliphatic heterocycles. The van der Waals surface area contributed by atoms with Crippen LogP contribution >= 0.6 is 11.8 Å². The smallest absolute Gasteiger partial charge is 0.140 e. The molecular weight excluding hydrogens is 412 g/mol. The molecule has 1 aromatic rings. The Balaban J connectivity index is 1.64. The lowest BCUT2D eigenvalue weighted by atomic mass is 9.82. The first-order chi connectivity index (χ1) is 15.6. The molecule has 1 N–H and O–H groups in total. The van der Waals surface area contributed by atoms with Gasteiger partial charge in [-0.1, -0.05) is 72.1 Å². The van der Waals surface area contributed by atoms with Crippen molar-refractivity contribution in [3.63, 3.8) is 0 Å². The molecule has 0 spiro atoms. The zero-order chi connectivity index (χ0) is 22.6. The van der Waals surface area contributed by atoms with Gasteiger partial charge in [0.1, 0.15) is 17.1 Å². The fraction of sp³-hybridized carbons (Fsp3) is 0.724. The second-order valence-electron chi connectivity index (χ2n) is 10.6. The van der Waals surface area contributed by atoms with Gasteiger partial charge >= 0.3 is 0 Å². The average Bonchev–Trinajstić information content (AvgIpc) is 3.45. The first-order valence-electron chi connectivity index (χ1n) is 13.5. The third kappa shape index (κ3) is 5.34. The number of benzene rings is 1. The van der Waals surface area contributed by atoms with Gasteiger partial charge in [-0.3, -0.25) is 0 Å². The number of phenols is 1. The summed E-state index contributed by atoms with van der Waals surface area (Å²) in [6.07, 6.45) is 17.5. The first-order valence-corrected chi connectivity index (χ1v) is 14.5. The Bertz CT molecular complexity index is 796. The van der Waals surface area contributed by atoms with E-state index in [1.54, 1.807) is 0 Å². The highest BCUT2D eigenvalue weighted by Crippen LogP contribution is 2.57. The van der Waals surface area contributed by atoms with E-state index in [1.807, 2.05) is 17.8 Å². The third-order valence-corrected chi connectivity index (χ3v) is 9.13. The summed E-state index contributed by atoms with van der Waals surface area (Å²) in [5.74, 6) is 3.91. The fourth-order valence-electron chi connectivity index (χ4n) is 5.77. The normalized spacial score (nSPS) is 20.1. The van der Waals surface area contributed by atoms with Crippen molar-refractivity contribution in [2.45, 2.75) is 122 Å². The number of hydrogen-bond donors (Lipinski definition) is 1. The maximum absolute atomic E-state index is 11.1. The second kappa shape index (κ2) is 10.9. The van der Waals surface area contributed by atoms with Gasteiger partial charge in [-0.15, -0.1) is 11.8 Å². The highest BCUT2D eigenvalue weighted by atomic mass is 32.2. The Morgan fingerprint density at radius 1 is 1.03 bits per heavy atom. The number of fused-ring (bicyclic) bond motifs is 2. The number of ether oxygens (including phenoxy) is 1. The largest absolute Gasteiger partial charge is 0.507 e. The standard InChI is InChI=1S/C29H44O2S/c1-4-6-8-10-15-29(16-11-9-7-5-2)28-24(14-17-32-28)27-25(30)19-23(20-26(27)31-29)21(3)18-22-12-13-22/h19-22,30H,4-18H2,1-3H3. The van der Waals surface area contributed by atoms with Crippen molar-refractivity contribution in [2.24, 2.45) is 5.92 Å². The van der Waals surface area contributed by atoms with Gasteiger partial charge in [-0.25, -0.2) is 0 Å². The molecular formula is C29H44O2S. The predicted molar refractivity (Wildman–Crippen MR) is 139 cm³/mol. The maximum Gasteiger partial charge on any atom is 0.140 e. The molecule has 32 heavy (non-hydrogen) atoms. The van der Waals surface area contributed by atoms with Crippen molar-refractivity contribution in [2.75, 3.05) is 5.75 Å². The van der Waals surface area contributed by atoms with Crippen LogP contribution in [0.5, 0.6) is 11.5 Å². The van der Waals surface area contributed by atoms with Crippen LogP contribution in [0.25, 0.3) is 5.57 Å². The number of unbranched alkanes of at least 4 members (excludes halogenated alkanes) is 6. The van der Waals surface area contributed by atoms with Crippen LogP contribution in [0.4, 0.5) is 0 Å². The first kappa shape index (κ1) is 24.0. The molecule has 1 unspecified atom stereocenters. The van der Waals surface area contributed by atoms with E-state index in [0.29, 0.717) is 11.7 Å². The van der Waals surface area contributed by atoms with E-state index in [2.05, 4.69) is 26.8 Å². The van der Waals surface area contributed by atoms with E-state index in [-0.39, 0.29) is 5.60 Å². The van der Waals surface area contributed by atoms with E-state index in [0.717, 1.165) is 42.2 Å². The summed E-state index contributed by atoms with van der Waals surface area (Å²) in [7, 11) is 0. The van der Waals surface area contributed by atoms with Crippen LogP contribution < -0.4 is 4.74 Å². The van der Waals surface area contributed by atoms with Crippen molar-refractivity contribution in [1.29, 1.82) is 0 Å². The lowest BCUT2D eigenvalue weighted by Gasteiger charge is -2.41. The monoisotopic (exact) mass is 456 g/mol. The highest BCUT2D eigenvalue weighted by molar-refractivity contribution is 8.03. The number of phenolic OH excluding ortho intramolecular Hbond substituents is 1. The molecule has 1 saturated carbocycles. The van der Waals surface area contributed by atoms with Crippen LogP contribution in [0.15, 0.2) is 17.0 Å². The molecule has 2 nitrogen and oxygen atoms in total. The molecule has 1 aromatic carbocycles. The number of rotatable bonds is 13. The van der Waals surface area contributed by atoms with E-state index < -0.39 is 0 Å². The van der Waals surface area contributed by atoms with Crippen LogP contribution in [0.1, 0.15) is 128 Å². The number of allylic oxidation sites excluding steroid dienone is 1. The van der Waals surface area contributed by atoms with Crippen molar-refractivity contribution < 1.29 is 9.84 Å². The molecule has 4 rings (SSSR count). The summed E-state index contributed by atoms with van der Waals surface area (Å²) in [4.78, 5) is 1.45. The van der Waals surface area contributed by atoms with Gasteiger partial charge in [0, 0.05) is 10.7 Å². The lowest BCUT2D eigenvalue weighted by molar-refractivity contribution is 0.0859. The Morgan fingerprint density at radius 2 is 1.72 bits per heavy atom. The Labute approximate surface area is 200 Å². The van der Waals surface area contributed by atoms with Crippen LogP contribution in [0.2, 0.25) is 0 Å². The zero-order valence-electron chi connectivity index (χ0n) is 20.7. The Kier molecular flexibility index (Phi) is 8.18. The lowest BCUT2D eigenvalue weighted by Crippen LogP contribution is -2.40. The number of hydrogen-bond acceptors (Lipinski definition) is 3. The van der Waals surface area contributed by atoms with Gasteiger partial charge in [0.15, 0.2) is 0 Å². The molecule has 0 amide bonds. The number of aromatic hydroxyl groups is 1. The predicted octanol–water partition coefficient (Wildman–Crippen LogP) is 9.22. The molecule has 0 aromatic heterocycles. The minimum atomic E-state index is -0.171. The van der Waals surface area contributed by atoms with Crippen molar-refractivity contribution >= 4 is 17.3 Å². The fourth-order valence-corrected chi connectivity index (χ4v) is 7.16. The summed E-state index contributed by atoms with van der Waals surface area (Å²) < 4.78 is 7.05. The van der Waals surface area contributed by atoms with Gasteiger partial charge in [-0.05, 0) is 73.6 Å². The van der Waals surface area contributed by atoms with Crippen LogP contribution in [-0.2, 0) is 0 Å². The van der Waals surface area contributed by atoms with E-state index in [9.17, 15) is 5.11 Å². The summed E-state index contributed by atoms with van der Waals surface area (Å²) in [6.45, 7) is 6.89. The summed E-state index contributed by atoms with van der Waals surface area (Å²) in [5.41, 5.74) is 3.48. The van der Waals surface area contributed by atoms with Gasteiger partial charge in [0.05, 0.1) is 5.56 Å². The van der Waals surface area contributed by atoms with Gasteiger partial charge < -0.3 is 9.84 Å². The second-order valence-corrected chi connectivity index (χ2v) is 11.7. The number of thioether (sulfide) groups is 1. The molecule has 0 bridgehead atoms. The van der Waals surface area contributed by atoms with Crippen molar-refractivity contribution in [3.8, 4) is 11.5 Å². The molecule has 3 heteroatoms. The molecule has 0 radical (unpaired) electrons. The summed E-state index contributed by atoms with van der Waals surface area (Å²) >= 11 is 2.00. The average molecular weight is 457 g/mol. The minimum Gasteiger partial charge on any atom is -0.507 e. The summed E-state index contributed by atoms with van der Waals surface area (Å²) in [6, 6.07) is 4.33. The SMILES string of the molecule is CCCCCCC1(CCCCCC)Oc2cc(C(C)CC3CC3)cc(O)c2C2=C1SCC2. The minimum absolute atomic E-state index is 0.171. The quantitative estimate of drug-likeness (QED) is 0.300. The topological polar surface area (TPSA) is 29.5 Å². The van der Waals surface area contributed by atoms with Gasteiger partial charge in [0.2, 0.25) is 0 Å². The van der Waals surface area contributed by atoms with E-state index >= 15 is 0 Å². The van der Waals surface area contributed by atoms with Crippen molar-refractivity contribution in [3.05, 3.63) is 28.2 Å². The highest BCUT2D eigenvalue weighted by Gasteiger charge is 2.45. The van der Waals surface area contributed by atoms with Gasteiger partial charge in [0.25, 0.3) is 0 Å². The third-order valence-electron chi connectivity index (χ3n) is 7.82. The van der Waals surface area contributed by atoms with Crippen LogP contribution in [-0.4, -0.2) is 16.5 Å². The van der Waals surface area contributed by atoms with Gasteiger partial charge in [-0.2, -0.15) is 0 Å². The van der Waals surface area contributed by atoms with Crippen molar-refractivity contribution in [1.82, 2.24) is 0 Å². The Hall–Kier alpha value is -1.09. The molecule has 1 aliphatic carbocycles. The van der Waals surface area contributed by atoms with E-state index in [1.165, 1.54) is 86.7 Å². The Morgan fingerprint density at radius 3 is 2.34 bits per heavy atom.